The monoisotopic (exact) mass is 471 g/mol. The maximum absolute atomic E-state index is 4.68. The second-order valence-corrected chi connectivity index (χ2v) is 7.40. The second-order valence-electron chi connectivity index (χ2n) is 6.69. The number of halogens is 1. The Morgan fingerprint density at radius 2 is 1.19 bits per heavy atom. The topological polar surface area (TPSA) is 38.1 Å². The molecule has 4 rings (SSSR count). The van der Waals surface area contributed by atoms with E-state index < -0.39 is 0 Å². The van der Waals surface area contributed by atoms with E-state index in [4.69, 9.17) is 0 Å². The fraction of sp³-hybridized carbons (Fsp3) is 0.148. The van der Waals surface area contributed by atoms with E-state index in [1.807, 2.05) is 39.8 Å². The Bertz CT molecular complexity index is 1110. The zero-order valence-corrected chi connectivity index (χ0v) is 19.9. The quantitative estimate of drug-likeness (QED) is 0.221. The van der Waals surface area contributed by atoms with Crippen LogP contribution in [0.5, 0.6) is 0 Å². The number of aryl methyl sites for hydroxylation is 1. The summed E-state index contributed by atoms with van der Waals surface area (Å²) in [5.74, 6) is 0. The van der Waals surface area contributed by atoms with E-state index in [0.717, 1.165) is 44.9 Å². The van der Waals surface area contributed by atoms with Gasteiger partial charge in [-0.05, 0) is 70.2 Å². The summed E-state index contributed by atoms with van der Waals surface area (Å²) < 4.78 is 0.562. The largest absolute Gasteiger partial charge is 0.257 e. The van der Waals surface area contributed by atoms with Crippen LogP contribution < -0.4 is 0 Å². The number of hydrogen-bond donors (Lipinski definition) is 0. The molecule has 0 aliphatic heterocycles. The first-order chi connectivity index (χ1) is 15.2. The number of benzene rings is 3. The number of rotatable bonds is 4. The van der Waals surface area contributed by atoms with Crippen molar-refractivity contribution in [2.24, 2.45) is 4.99 Å². The number of aliphatic imine (C=N–C) groups is 1. The Labute approximate surface area is 193 Å². The molecule has 0 spiro atoms. The lowest BCUT2D eigenvalue weighted by molar-refractivity contribution is 1.06. The molecule has 1 heterocycles. The molecule has 0 unspecified atom stereocenters. The summed E-state index contributed by atoms with van der Waals surface area (Å²) in [6, 6.07) is 27.4. The summed E-state index contributed by atoms with van der Waals surface area (Å²) in [6.45, 7) is 7.86. The van der Waals surface area contributed by atoms with Crippen LogP contribution in [0.25, 0.3) is 33.5 Å². The average Bonchev–Trinajstić information content (AvgIpc) is 2.83. The van der Waals surface area contributed by atoms with E-state index in [-0.39, 0.29) is 0 Å². The lowest BCUT2D eigenvalue weighted by atomic mass is 9.94. The van der Waals surface area contributed by atoms with Gasteiger partial charge in [0, 0.05) is 11.8 Å². The highest BCUT2D eigenvalue weighted by Gasteiger charge is 2.15. The fourth-order valence-corrected chi connectivity index (χ4v) is 3.82. The van der Waals surface area contributed by atoms with Gasteiger partial charge in [0.05, 0.1) is 5.69 Å². The third kappa shape index (κ3) is 5.33. The van der Waals surface area contributed by atoms with E-state index in [1.54, 1.807) is 6.21 Å². The number of nitrogens with zero attached hydrogens (tertiary/aromatic N) is 3. The van der Waals surface area contributed by atoms with Gasteiger partial charge in [0.15, 0.2) is 4.73 Å². The maximum atomic E-state index is 4.68. The molecule has 0 aliphatic rings. The molecule has 4 heteroatoms. The normalized spacial score (nSPS) is 10.6. The van der Waals surface area contributed by atoms with Crippen molar-refractivity contribution in [1.29, 1.82) is 0 Å². The third-order valence-electron chi connectivity index (χ3n) is 4.71. The maximum Gasteiger partial charge on any atom is 0.197 e. The zero-order valence-electron chi connectivity index (χ0n) is 18.3. The van der Waals surface area contributed by atoms with E-state index in [1.165, 1.54) is 0 Å². The smallest absolute Gasteiger partial charge is 0.197 e. The van der Waals surface area contributed by atoms with Crippen molar-refractivity contribution >= 4 is 27.8 Å². The van der Waals surface area contributed by atoms with Crippen LogP contribution in [0.1, 0.15) is 26.5 Å². The molecular formula is C27H26BrN3. The van der Waals surface area contributed by atoms with Crippen molar-refractivity contribution in [2.75, 3.05) is 0 Å². The van der Waals surface area contributed by atoms with E-state index in [9.17, 15) is 0 Å². The molecule has 0 N–H and O–H groups in total. The summed E-state index contributed by atoms with van der Waals surface area (Å²) >= 11 is 3.45. The molecule has 0 atom stereocenters. The second kappa shape index (κ2) is 10.8. The molecule has 0 amide bonds. The number of hydrogen-bond acceptors (Lipinski definition) is 3. The summed E-state index contributed by atoms with van der Waals surface area (Å²) in [5, 5.41) is 0. The molecule has 1 aromatic heterocycles. The standard InChI is InChI=1S/C25H20BrN3.C2H6/c1-3-27-23-17(2)28-25(26)29-24(23)22-15-20(18-10-6-4-7-11-18)14-21(16-22)19-12-8-5-9-13-19;1-2/h3-16H,1-2H3;1-2H3. The Morgan fingerprint density at radius 3 is 1.68 bits per heavy atom. The van der Waals surface area contributed by atoms with Crippen LogP contribution in [-0.2, 0) is 0 Å². The Kier molecular flexibility index (Phi) is 7.85. The first-order valence-corrected chi connectivity index (χ1v) is 11.2. The minimum absolute atomic E-state index is 0.562. The van der Waals surface area contributed by atoms with Crippen LogP contribution in [0.4, 0.5) is 5.69 Å². The van der Waals surface area contributed by atoms with Gasteiger partial charge in [-0.2, -0.15) is 0 Å². The average molecular weight is 472 g/mol. The van der Waals surface area contributed by atoms with Gasteiger partial charge >= 0.3 is 0 Å². The molecule has 0 radical (unpaired) electrons. The van der Waals surface area contributed by atoms with Crippen LogP contribution in [0.15, 0.2) is 88.6 Å². The fourth-order valence-electron chi connectivity index (χ4n) is 3.38. The van der Waals surface area contributed by atoms with Crippen molar-refractivity contribution in [3.63, 3.8) is 0 Å². The van der Waals surface area contributed by atoms with E-state index in [0.29, 0.717) is 4.73 Å². The minimum Gasteiger partial charge on any atom is -0.257 e. The molecule has 0 fully saturated rings. The van der Waals surface area contributed by atoms with Crippen molar-refractivity contribution < 1.29 is 0 Å². The SMILES string of the molecule is CC.CC=Nc1c(C)nc(Br)nc1-c1cc(-c2ccccc2)cc(-c2ccccc2)c1. The summed E-state index contributed by atoms with van der Waals surface area (Å²) in [5.41, 5.74) is 8.07. The lowest BCUT2D eigenvalue weighted by Gasteiger charge is -2.13. The van der Waals surface area contributed by atoms with Crippen molar-refractivity contribution in [1.82, 2.24) is 9.97 Å². The van der Waals surface area contributed by atoms with Gasteiger partial charge in [-0.15, -0.1) is 0 Å². The van der Waals surface area contributed by atoms with Crippen LogP contribution in [0.2, 0.25) is 0 Å². The molecule has 0 saturated heterocycles. The molecule has 3 nitrogen and oxygen atoms in total. The summed E-state index contributed by atoms with van der Waals surface area (Å²) in [6.07, 6.45) is 1.78. The predicted molar refractivity (Wildman–Crippen MR) is 136 cm³/mol. The summed E-state index contributed by atoms with van der Waals surface area (Å²) in [4.78, 5) is 13.7. The Balaban J connectivity index is 0.00000132. The molecule has 0 aliphatic carbocycles. The van der Waals surface area contributed by atoms with Crippen molar-refractivity contribution in [3.05, 3.63) is 89.3 Å². The molecule has 156 valence electrons. The molecule has 0 saturated carbocycles. The van der Waals surface area contributed by atoms with Crippen LogP contribution in [-0.4, -0.2) is 16.2 Å². The Morgan fingerprint density at radius 1 is 0.710 bits per heavy atom. The molecular weight excluding hydrogens is 446 g/mol. The van der Waals surface area contributed by atoms with Crippen LogP contribution in [0, 0.1) is 6.92 Å². The van der Waals surface area contributed by atoms with Crippen molar-refractivity contribution in [3.8, 4) is 33.5 Å². The predicted octanol–water partition coefficient (Wildman–Crippen LogP) is 8.30. The van der Waals surface area contributed by atoms with E-state index in [2.05, 4.69) is 97.6 Å². The first kappa shape index (κ1) is 22.6. The van der Waals surface area contributed by atoms with Crippen molar-refractivity contribution in [2.45, 2.75) is 27.7 Å². The minimum atomic E-state index is 0.562. The third-order valence-corrected chi connectivity index (χ3v) is 5.06. The number of aromatic nitrogens is 2. The first-order valence-electron chi connectivity index (χ1n) is 10.4. The summed E-state index contributed by atoms with van der Waals surface area (Å²) in [7, 11) is 0. The molecule has 31 heavy (non-hydrogen) atoms. The van der Waals surface area contributed by atoms with Gasteiger partial charge < -0.3 is 0 Å². The molecule has 4 aromatic rings. The van der Waals surface area contributed by atoms with Gasteiger partial charge in [-0.25, -0.2) is 9.97 Å². The highest BCUT2D eigenvalue weighted by Crippen LogP contribution is 2.37. The van der Waals surface area contributed by atoms with Gasteiger partial charge in [-0.3, -0.25) is 4.99 Å². The van der Waals surface area contributed by atoms with Crippen LogP contribution in [0.3, 0.4) is 0 Å². The highest BCUT2D eigenvalue weighted by atomic mass is 79.9. The Hall–Kier alpha value is -3.11. The van der Waals surface area contributed by atoms with Gasteiger partial charge in [0.25, 0.3) is 0 Å². The van der Waals surface area contributed by atoms with Gasteiger partial charge in [0.1, 0.15) is 11.4 Å². The van der Waals surface area contributed by atoms with E-state index >= 15 is 0 Å². The molecule has 3 aromatic carbocycles. The van der Waals surface area contributed by atoms with Gasteiger partial charge in [0.2, 0.25) is 0 Å². The van der Waals surface area contributed by atoms with Gasteiger partial charge in [-0.1, -0.05) is 74.5 Å². The highest BCUT2D eigenvalue weighted by molar-refractivity contribution is 9.10. The lowest BCUT2D eigenvalue weighted by Crippen LogP contribution is -1.95. The zero-order chi connectivity index (χ0) is 22.2. The molecule has 0 bridgehead atoms. The van der Waals surface area contributed by atoms with Crippen LogP contribution >= 0.6 is 15.9 Å².